The van der Waals surface area contributed by atoms with Crippen LogP contribution in [0, 0.1) is 5.41 Å². The summed E-state index contributed by atoms with van der Waals surface area (Å²) in [7, 11) is 0. The number of rotatable bonds is 5. The van der Waals surface area contributed by atoms with Crippen LogP contribution in [-0.2, 0) is 9.53 Å². The molecule has 2 aliphatic rings. The Morgan fingerprint density at radius 2 is 1.83 bits per heavy atom. The van der Waals surface area contributed by atoms with E-state index < -0.39 is 5.97 Å². The molecule has 0 saturated carbocycles. The molecule has 0 spiro atoms. The van der Waals surface area contributed by atoms with E-state index in [9.17, 15) is 4.79 Å². The first-order valence-corrected chi connectivity index (χ1v) is 8.57. The van der Waals surface area contributed by atoms with Crippen molar-refractivity contribution < 1.29 is 14.6 Å². The van der Waals surface area contributed by atoms with Crippen molar-refractivity contribution in [3.8, 4) is 0 Å². The lowest BCUT2D eigenvalue weighted by atomic mass is 9.72. The van der Waals surface area contributed by atoms with Gasteiger partial charge in [-0.2, -0.15) is 0 Å². The quantitative estimate of drug-likeness (QED) is 0.571. The third kappa shape index (κ3) is 4.81. The molecule has 3 heteroatoms. The van der Waals surface area contributed by atoms with E-state index in [-0.39, 0.29) is 5.41 Å². The van der Waals surface area contributed by atoms with Crippen LogP contribution in [0.4, 0.5) is 0 Å². The average molecular weight is 328 g/mol. The molecular weight excluding hydrogens is 300 g/mol. The Balaban J connectivity index is 2.20. The van der Waals surface area contributed by atoms with Crippen molar-refractivity contribution in [3.05, 3.63) is 58.2 Å². The standard InChI is InChI=1S/C21H28O3/c1-15(12-20(22)23)7-8-17-13-24-14-18(17)9-10-19-16(2)6-5-11-21(19,3)4/h7-10,12H,5-6,11,13-14H2,1-4H3,(H,22,23)/b8-7+,10-9+,15-12+. The first kappa shape index (κ1) is 18.5. The van der Waals surface area contributed by atoms with Crippen molar-refractivity contribution in [1.82, 2.24) is 0 Å². The lowest BCUT2D eigenvalue weighted by Crippen LogP contribution is -2.19. The summed E-state index contributed by atoms with van der Waals surface area (Å²) in [4.78, 5) is 10.7. The minimum absolute atomic E-state index is 0.232. The Labute approximate surface area is 145 Å². The van der Waals surface area contributed by atoms with Gasteiger partial charge in [-0.3, -0.25) is 0 Å². The molecular formula is C21H28O3. The summed E-state index contributed by atoms with van der Waals surface area (Å²) >= 11 is 0. The molecule has 0 amide bonds. The number of hydrogen-bond donors (Lipinski definition) is 1. The topological polar surface area (TPSA) is 46.5 Å². The predicted molar refractivity (Wildman–Crippen MR) is 97.8 cm³/mol. The number of carboxylic acid groups (broad SMARTS) is 1. The van der Waals surface area contributed by atoms with Crippen LogP contribution in [0.1, 0.15) is 47.0 Å². The molecule has 0 unspecified atom stereocenters. The fourth-order valence-corrected chi connectivity index (χ4v) is 3.44. The molecule has 0 radical (unpaired) electrons. The number of carboxylic acids is 1. The highest BCUT2D eigenvalue weighted by atomic mass is 16.5. The second kappa shape index (κ2) is 7.80. The van der Waals surface area contributed by atoms with E-state index in [4.69, 9.17) is 9.84 Å². The highest BCUT2D eigenvalue weighted by molar-refractivity contribution is 5.81. The van der Waals surface area contributed by atoms with Crippen molar-refractivity contribution >= 4 is 5.97 Å². The molecule has 0 aromatic rings. The summed E-state index contributed by atoms with van der Waals surface area (Å²) < 4.78 is 5.57. The van der Waals surface area contributed by atoms with E-state index in [1.807, 2.05) is 12.2 Å². The van der Waals surface area contributed by atoms with Gasteiger partial charge in [0.05, 0.1) is 13.2 Å². The van der Waals surface area contributed by atoms with Crippen LogP contribution in [0.3, 0.4) is 0 Å². The van der Waals surface area contributed by atoms with E-state index in [2.05, 4.69) is 32.9 Å². The van der Waals surface area contributed by atoms with Gasteiger partial charge < -0.3 is 9.84 Å². The van der Waals surface area contributed by atoms with Crippen LogP contribution in [-0.4, -0.2) is 24.3 Å². The highest BCUT2D eigenvalue weighted by Crippen LogP contribution is 2.41. The minimum Gasteiger partial charge on any atom is -0.478 e. The van der Waals surface area contributed by atoms with Crippen molar-refractivity contribution in [3.63, 3.8) is 0 Å². The SMILES string of the molecule is CC1=C(/C=C/C2=C(/C=C/C(C)=C/C(=O)O)COC2)C(C)(C)CCC1. The van der Waals surface area contributed by atoms with E-state index in [0.29, 0.717) is 13.2 Å². The molecule has 0 saturated heterocycles. The molecule has 130 valence electrons. The Morgan fingerprint density at radius 1 is 1.17 bits per heavy atom. The maximum Gasteiger partial charge on any atom is 0.328 e. The lowest BCUT2D eigenvalue weighted by molar-refractivity contribution is -0.131. The van der Waals surface area contributed by atoms with Gasteiger partial charge in [-0.1, -0.05) is 43.7 Å². The van der Waals surface area contributed by atoms with Crippen molar-refractivity contribution in [1.29, 1.82) is 0 Å². The number of carbonyl (C=O) groups is 1. The molecule has 0 aromatic carbocycles. The third-order valence-electron chi connectivity index (χ3n) is 4.82. The van der Waals surface area contributed by atoms with E-state index in [1.165, 1.54) is 42.1 Å². The summed E-state index contributed by atoms with van der Waals surface area (Å²) in [6, 6.07) is 0. The number of hydrogen-bond acceptors (Lipinski definition) is 2. The Hall–Kier alpha value is -1.87. The molecule has 1 heterocycles. The van der Waals surface area contributed by atoms with Gasteiger partial charge in [0.2, 0.25) is 0 Å². The smallest absolute Gasteiger partial charge is 0.328 e. The Morgan fingerprint density at radius 3 is 2.46 bits per heavy atom. The van der Waals surface area contributed by atoms with Crippen LogP contribution in [0.2, 0.25) is 0 Å². The van der Waals surface area contributed by atoms with Crippen LogP contribution >= 0.6 is 0 Å². The monoisotopic (exact) mass is 328 g/mol. The van der Waals surface area contributed by atoms with Crippen molar-refractivity contribution in [2.45, 2.75) is 47.0 Å². The zero-order chi connectivity index (χ0) is 17.7. The van der Waals surface area contributed by atoms with Gasteiger partial charge in [-0.25, -0.2) is 4.79 Å². The number of allylic oxidation sites excluding steroid dienone is 5. The van der Waals surface area contributed by atoms with E-state index >= 15 is 0 Å². The molecule has 0 fully saturated rings. The molecule has 0 aromatic heterocycles. The maximum absolute atomic E-state index is 10.7. The summed E-state index contributed by atoms with van der Waals surface area (Å²) in [5, 5.41) is 8.77. The molecule has 1 aliphatic carbocycles. The van der Waals surface area contributed by atoms with Gasteiger partial charge in [0.15, 0.2) is 0 Å². The normalized spacial score (nSPS) is 22.2. The molecule has 0 atom stereocenters. The fourth-order valence-electron chi connectivity index (χ4n) is 3.44. The van der Waals surface area contributed by atoms with Crippen molar-refractivity contribution in [2.24, 2.45) is 5.41 Å². The summed E-state index contributed by atoms with van der Waals surface area (Å²) in [5.41, 5.74) is 6.18. The van der Waals surface area contributed by atoms with Gasteiger partial charge in [0.1, 0.15) is 0 Å². The molecule has 1 aliphatic heterocycles. The zero-order valence-corrected chi connectivity index (χ0v) is 15.2. The van der Waals surface area contributed by atoms with Crippen LogP contribution in [0.15, 0.2) is 58.2 Å². The summed E-state index contributed by atoms with van der Waals surface area (Å²) in [6.07, 6.45) is 13.1. The van der Waals surface area contributed by atoms with Crippen LogP contribution in [0.5, 0.6) is 0 Å². The second-order valence-corrected chi connectivity index (χ2v) is 7.37. The number of ether oxygens (including phenoxy) is 1. The largest absolute Gasteiger partial charge is 0.478 e. The van der Waals surface area contributed by atoms with E-state index in [0.717, 1.165) is 11.1 Å². The highest BCUT2D eigenvalue weighted by Gasteiger charge is 2.26. The van der Waals surface area contributed by atoms with Gasteiger partial charge in [-0.15, -0.1) is 0 Å². The maximum atomic E-state index is 10.7. The van der Waals surface area contributed by atoms with Crippen LogP contribution in [0.25, 0.3) is 0 Å². The third-order valence-corrected chi connectivity index (χ3v) is 4.82. The predicted octanol–water partition coefficient (Wildman–Crippen LogP) is 4.98. The minimum atomic E-state index is -0.920. The van der Waals surface area contributed by atoms with Gasteiger partial charge in [0, 0.05) is 6.08 Å². The Kier molecular flexibility index (Phi) is 6.00. The zero-order valence-electron chi connectivity index (χ0n) is 15.2. The van der Waals surface area contributed by atoms with Gasteiger partial charge >= 0.3 is 5.97 Å². The van der Waals surface area contributed by atoms with E-state index in [1.54, 1.807) is 6.92 Å². The van der Waals surface area contributed by atoms with Gasteiger partial charge in [0.25, 0.3) is 0 Å². The Bertz CT molecular complexity index is 655. The first-order valence-electron chi connectivity index (χ1n) is 8.57. The average Bonchev–Trinajstić information content (AvgIpc) is 2.90. The lowest BCUT2D eigenvalue weighted by Gasteiger charge is -2.33. The molecule has 1 N–H and O–H groups in total. The molecule has 3 nitrogen and oxygen atoms in total. The van der Waals surface area contributed by atoms with Gasteiger partial charge in [-0.05, 0) is 60.8 Å². The molecule has 24 heavy (non-hydrogen) atoms. The summed E-state index contributed by atoms with van der Waals surface area (Å²) in [5.74, 6) is -0.920. The fraction of sp³-hybridized carbons (Fsp3) is 0.476. The second-order valence-electron chi connectivity index (χ2n) is 7.37. The molecule has 0 bridgehead atoms. The number of aliphatic carboxylic acids is 1. The summed E-state index contributed by atoms with van der Waals surface area (Å²) in [6.45, 7) is 9.85. The first-order chi connectivity index (χ1) is 11.3. The van der Waals surface area contributed by atoms with Crippen LogP contribution < -0.4 is 0 Å². The van der Waals surface area contributed by atoms with Crippen molar-refractivity contribution in [2.75, 3.05) is 13.2 Å². The molecule has 2 rings (SSSR count).